The summed E-state index contributed by atoms with van der Waals surface area (Å²) in [4.78, 5) is 4.29. The van der Waals surface area contributed by atoms with Crippen LogP contribution in [0.1, 0.15) is 19.7 Å². The maximum Gasteiger partial charge on any atom is 0.191 e. The Kier molecular flexibility index (Phi) is 3.90. The first-order valence-corrected chi connectivity index (χ1v) is 6.37. The molecule has 0 radical (unpaired) electrons. The lowest BCUT2D eigenvalue weighted by Crippen LogP contribution is -2.26. The van der Waals surface area contributed by atoms with Crippen LogP contribution in [0, 0.1) is 12.3 Å². The van der Waals surface area contributed by atoms with Crippen molar-refractivity contribution in [3.05, 3.63) is 36.4 Å². The summed E-state index contributed by atoms with van der Waals surface area (Å²) in [7, 11) is 0. The summed E-state index contributed by atoms with van der Waals surface area (Å²) in [5.74, 6) is 0.668. The van der Waals surface area contributed by atoms with Gasteiger partial charge < -0.3 is 14.8 Å². The number of nitrogens with one attached hydrogen (secondary N) is 1. The molecule has 19 heavy (non-hydrogen) atoms. The largest absolute Gasteiger partial charge is 0.449 e. The zero-order chi connectivity index (χ0) is 13.9. The van der Waals surface area contributed by atoms with Crippen molar-refractivity contribution in [2.75, 3.05) is 18.5 Å². The Hall–Kier alpha value is -1.81. The lowest BCUT2D eigenvalue weighted by Gasteiger charge is -2.22. The van der Waals surface area contributed by atoms with E-state index in [1.165, 1.54) is 0 Å². The van der Waals surface area contributed by atoms with Gasteiger partial charge in [-0.2, -0.15) is 0 Å². The van der Waals surface area contributed by atoms with Gasteiger partial charge in [0, 0.05) is 36.7 Å². The van der Waals surface area contributed by atoms with Crippen molar-refractivity contribution < 1.29 is 9.52 Å². The molecule has 1 heterocycles. The van der Waals surface area contributed by atoms with Crippen LogP contribution in [-0.4, -0.2) is 23.2 Å². The van der Waals surface area contributed by atoms with Crippen LogP contribution in [0.2, 0.25) is 0 Å². The first kappa shape index (κ1) is 13.6. The minimum Gasteiger partial charge on any atom is -0.449 e. The number of hydrogen-bond acceptors (Lipinski definition) is 4. The van der Waals surface area contributed by atoms with Crippen molar-refractivity contribution in [2.45, 2.75) is 20.8 Å². The van der Waals surface area contributed by atoms with Gasteiger partial charge in [0.2, 0.25) is 0 Å². The fourth-order valence-electron chi connectivity index (χ4n) is 1.65. The van der Waals surface area contributed by atoms with Crippen LogP contribution >= 0.6 is 0 Å². The van der Waals surface area contributed by atoms with E-state index in [0.717, 1.165) is 23.5 Å². The summed E-state index contributed by atoms with van der Waals surface area (Å²) in [5, 5.41) is 12.5. The number of benzene rings is 1. The molecule has 0 fully saturated rings. The number of aryl methyl sites for hydroxylation is 1. The van der Waals surface area contributed by atoms with Crippen molar-refractivity contribution >= 4 is 5.69 Å². The molecule has 2 aromatic rings. The summed E-state index contributed by atoms with van der Waals surface area (Å²) in [5.41, 5.74) is 2.79. The summed E-state index contributed by atoms with van der Waals surface area (Å²) in [6, 6.07) is 8.02. The Bertz CT molecular complexity index is 529. The lowest BCUT2D eigenvalue weighted by molar-refractivity contribution is 0.171. The first-order valence-electron chi connectivity index (χ1n) is 6.37. The summed E-state index contributed by atoms with van der Waals surface area (Å²) in [6.45, 7) is 6.76. The van der Waals surface area contributed by atoms with Gasteiger partial charge in [-0.15, -0.1) is 0 Å². The van der Waals surface area contributed by atoms with Gasteiger partial charge in [0.05, 0.1) is 0 Å². The Labute approximate surface area is 113 Å². The van der Waals surface area contributed by atoms with Gasteiger partial charge in [0.1, 0.15) is 12.0 Å². The molecule has 0 aliphatic heterocycles. The third kappa shape index (κ3) is 3.58. The minimum absolute atomic E-state index is 0.123. The predicted octanol–water partition coefficient (Wildman–Crippen LogP) is 3.08. The van der Waals surface area contributed by atoms with Crippen LogP contribution in [0.5, 0.6) is 0 Å². The zero-order valence-corrected chi connectivity index (χ0v) is 11.6. The summed E-state index contributed by atoms with van der Waals surface area (Å²) in [6.07, 6.45) is 1.66. The molecule has 0 spiro atoms. The number of aliphatic hydroxyl groups is 1. The highest BCUT2D eigenvalue weighted by Gasteiger charge is 2.15. The predicted molar refractivity (Wildman–Crippen MR) is 76.0 cm³/mol. The molecule has 0 bridgehead atoms. The van der Waals surface area contributed by atoms with Crippen LogP contribution in [-0.2, 0) is 0 Å². The van der Waals surface area contributed by atoms with E-state index in [1.807, 2.05) is 45.0 Å². The Morgan fingerprint density at radius 1 is 1.26 bits per heavy atom. The molecule has 0 aliphatic rings. The molecule has 1 aromatic heterocycles. The lowest BCUT2D eigenvalue weighted by atomic mass is 9.95. The monoisotopic (exact) mass is 260 g/mol. The number of nitrogens with zero attached hydrogens (tertiary/aromatic N) is 1. The van der Waals surface area contributed by atoms with Crippen LogP contribution in [0.15, 0.2) is 34.9 Å². The SMILES string of the molecule is Cc1nc(-c2ccc(NCC(C)(C)CO)cc2)co1. The highest BCUT2D eigenvalue weighted by atomic mass is 16.3. The first-order chi connectivity index (χ1) is 9.00. The fraction of sp³-hybridized carbons (Fsp3) is 0.400. The van der Waals surface area contributed by atoms with E-state index in [-0.39, 0.29) is 12.0 Å². The second-order valence-corrected chi connectivity index (χ2v) is 5.50. The number of hydrogen-bond donors (Lipinski definition) is 2. The molecule has 0 amide bonds. The van der Waals surface area contributed by atoms with Crippen molar-refractivity contribution in [2.24, 2.45) is 5.41 Å². The third-order valence-corrected chi connectivity index (χ3v) is 3.00. The number of rotatable bonds is 5. The number of aromatic nitrogens is 1. The zero-order valence-electron chi connectivity index (χ0n) is 11.6. The number of aliphatic hydroxyl groups excluding tert-OH is 1. The topological polar surface area (TPSA) is 58.3 Å². The third-order valence-electron chi connectivity index (χ3n) is 3.00. The highest BCUT2D eigenvalue weighted by molar-refractivity contribution is 5.61. The van der Waals surface area contributed by atoms with Gasteiger partial charge >= 0.3 is 0 Å². The number of anilines is 1. The van der Waals surface area contributed by atoms with Gasteiger partial charge in [0.25, 0.3) is 0 Å². The molecular formula is C15H20N2O2. The molecule has 0 unspecified atom stereocenters. The van der Waals surface area contributed by atoms with Crippen molar-refractivity contribution in [3.8, 4) is 11.3 Å². The molecule has 4 nitrogen and oxygen atoms in total. The van der Waals surface area contributed by atoms with Crippen molar-refractivity contribution in [3.63, 3.8) is 0 Å². The second kappa shape index (κ2) is 5.45. The molecule has 0 atom stereocenters. The van der Waals surface area contributed by atoms with Gasteiger partial charge in [-0.25, -0.2) is 4.98 Å². The Morgan fingerprint density at radius 2 is 1.95 bits per heavy atom. The molecule has 0 saturated heterocycles. The van der Waals surface area contributed by atoms with Crippen molar-refractivity contribution in [1.82, 2.24) is 4.98 Å². The van der Waals surface area contributed by atoms with E-state index < -0.39 is 0 Å². The normalized spacial score (nSPS) is 11.6. The van der Waals surface area contributed by atoms with Gasteiger partial charge in [-0.05, 0) is 12.1 Å². The smallest absolute Gasteiger partial charge is 0.191 e. The Morgan fingerprint density at radius 3 is 2.47 bits per heavy atom. The van der Waals surface area contributed by atoms with Crippen LogP contribution in [0.3, 0.4) is 0 Å². The molecule has 0 aliphatic carbocycles. The average molecular weight is 260 g/mol. The maximum absolute atomic E-state index is 9.21. The van der Waals surface area contributed by atoms with Crippen LogP contribution < -0.4 is 5.32 Å². The maximum atomic E-state index is 9.21. The molecule has 4 heteroatoms. The number of oxazole rings is 1. The van der Waals surface area contributed by atoms with E-state index in [0.29, 0.717) is 5.89 Å². The molecule has 2 rings (SSSR count). The van der Waals surface area contributed by atoms with Crippen molar-refractivity contribution in [1.29, 1.82) is 0 Å². The van der Waals surface area contributed by atoms with E-state index in [2.05, 4.69) is 10.3 Å². The molecule has 0 saturated carbocycles. The molecule has 1 aromatic carbocycles. The van der Waals surface area contributed by atoms with Crippen LogP contribution in [0.25, 0.3) is 11.3 Å². The fourth-order valence-corrected chi connectivity index (χ4v) is 1.65. The average Bonchev–Trinajstić information content (AvgIpc) is 2.84. The molecular weight excluding hydrogens is 240 g/mol. The van der Waals surface area contributed by atoms with Crippen LogP contribution in [0.4, 0.5) is 5.69 Å². The molecule has 2 N–H and O–H groups in total. The summed E-state index contributed by atoms with van der Waals surface area (Å²) >= 11 is 0. The minimum atomic E-state index is -0.123. The van der Waals surface area contributed by atoms with E-state index >= 15 is 0 Å². The van der Waals surface area contributed by atoms with E-state index in [9.17, 15) is 5.11 Å². The highest BCUT2D eigenvalue weighted by Crippen LogP contribution is 2.22. The van der Waals surface area contributed by atoms with E-state index in [1.54, 1.807) is 6.26 Å². The quantitative estimate of drug-likeness (QED) is 0.867. The van der Waals surface area contributed by atoms with E-state index in [4.69, 9.17) is 4.42 Å². The Balaban J connectivity index is 2.03. The molecule has 102 valence electrons. The van der Waals surface area contributed by atoms with Gasteiger partial charge in [0.15, 0.2) is 5.89 Å². The van der Waals surface area contributed by atoms with Gasteiger partial charge in [-0.1, -0.05) is 26.0 Å². The second-order valence-electron chi connectivity index (χ2n) is 5.50. The standard InChI is InChI=1S/C15H20N2O2/c1-11-17-14(8-19-11)12-4-6-13(7-5-12)16-9-15(2,3)10-18/h4-8,16,18H,9-10H2,1-3H3. The van der Waals surface area contributed by atoms with Gasteiger partial charge in [-0.3, -0.25) is 0 Å². The summed E-state index contributed by atoms with van der Waals surface area (Å²) < 4.78 is 5.20.